The lowest BCUT2D eigenvalue weighted by atomic mass is 10.00. The van der Waals surface area contributed by atoms with Crippen molar-refractivity contribution in [1.82, 2.24) is 25.8 Å². The Morgan fingerprint density at radius 3 is 2.19 bits per heavy atom. The summed E-state index contributed by atoms with van der Waals surface area (Å²) >= 11 is 13.6. The molecular weight excluding hydrogens is 797 g/mol. The number of nitrogens with one attached hydrogen (secondary N) is 3. The van der Waals surface area contributed by atoms with Crippen molar-refractivity contribution in [1.29, 1.82) is 0 Å². The molecule has 3 aromatic carbocycles. The minimum atomic E-state index is -1.57. The summed E-state index contributed by atoms with van der Waals surface area (Å²) in [4.78, 5) is 86.1. The van der Waals surface area contributed by atoms with E-state index in [9.17, 15) is 39.0 Å². The summed E-state index contributed by atoms with van der Waals surface area (Å²) in [6, 6.07) is 14.7. The molecule has 14 nitrogen and oxygen atoms in total. The number of carbonyl (C=O) groups is 6. The van der Waals surface area contributed by atoms with Crippen molar-refractivity contribution in [2.75, 3.05) is 6.54 Å². The lowest BCUT2D eigenvalue weighted by Gasteiger charge is -2.31. The molecule has 1 aliphatic heterocycles. The molecule has 5 atom stereocenters. The van der Waals surface area contributed by atoms with Crippen molar-refractivity contribution in [2.45, 2.75) is 70.3 Å². The van der Waals surface area contributed by atoms with Crippen molar-refractivity contribution in [3.63, 3.8) is 0 Å². The van der Waals surface area contributed by atoms with Gasteiger partial charge in [0.15, 0.2) is 5.01 Å². The number of halogens is 2. The molecule has 1 fully saturated rings. The molecule has 0 radical (unpaired) electrons. The van der Waals surface area contributed by atoms with Gasteiger partial charge < -0.3 is 35.8 Å². The number of likely N-dealkylation sites (tertiary alicyclic amines) is 1. The van der Waals surface area contributed by atoms with Crippen LogP contribution in [0.1, 0.15) is 49.0 Å². The highest BCUT2D eigenvalue weighted by Crippen LogP contribution is 2.38. The second-order valence-electron chi connectivity index (χ2n) is 13.8. The summed E-state index contributed by atoms with van der Waals surface area (Å²) in [5, 5.41) is 27.9. The number of hydrogen-bond acceptors (Lipinski definition) is 10. The van der Waals surface area contributed by atoms with Gasteiger partial charge in [-0.25, -0.2) is 4.98 Å². The van der Waals surface area contributed by atoms with Crippen LogP contribution in [-0.4, -0.2) is 92.3 Å². The fourth-order valence-electron chi connectivity index (χ4n) is 6.37. The number of carboxylic acids is 1. The van der Waals surface area contributed by atoms with Gasteiger partial charge in [0.1, 0.15) is 41.8 Å². The Balaban J connectivity index is 1.40. The standard InChI is InChI=1S/C40H41Cl2N5O9S/c1-21(2)35(46-37(53)30(44-22(3)48)16-23-12-14-24(49)15-13-23)40(55)47-20-26(56-25-8-5-4-6-9-25)17-31(47)38(54)45-29(18-33(50)51)36(52)39-43-19-32(57-39)34-27(41)10-7-11-28(34)42/h4-15,19,21,26,29-31,35,49H,16-18,20H2,1-3H3,(H,44,48)(H,45,54)(H,46,53)(H,50,51)/t26-,29+,30+,31?,35+/m1/s1. The number of ketones is 1. The fraction of sp³-hybridized carbons (Fsp3) is 0.325. The lowest BCUT2D eigenvalue weighted by Crippen LogP contribution is -2.59. The van der Waals surface area contributed by atoms with E-state index in [1.165, 1.54) is 30.2 Å². The van der Waals surface area contributed by atoms with Crippen LogP contribution < -0.4 is 20.7 Å². The number of phenolic OH excluding ortho intramolecular Hbond substituents is 1. The van der Waals surface area contributed by atoms with Crippen molar-refractivity contribution in [2.24, 2.45) is 5.92 Å². The molecule has 5 N–H and O–H groups in total. The molecule has 0 saturated carbocycles. The number of amides is 4. The first-order chi connectivity index (χ1) is 27.1. The summed E-state index contributed by atoms with van der Waals surface area (Å²) in [6.45, 7) is 4.59. The molecule has 1 aromatic heterocycles. The Kier molecular flexibility index (Phi) is 14.3. The number of ether oxygens (including phenoxy) is 1. The van der Waals surface area contributed by atoms with E-state index in [0.29, 0.717) is 31.8 Å². The van der Waals surface area contributed by atoms with Gasteiger partial charge >= 0.3 is 5.97 Å². The van der Waals surface area contributed by atoms with Gasteiger partial charge in [-0.15, -0.1) is 11.3 Å². The molecule has 1 aliphatic rings. The zero-order valence-corrected chi connectivity index (χ0v) is 33.4. The molecule has 0 bridgehead atoms. The van der Waals surface area contributed by atoms with Gasteiger partial charge in [-0.3, -0.25) is 28.8 Å². The SMILES string of the molecule is CC(=O)N[C@@H](Cc1ccc(O)cc1)C(=O)N[C@H](C(=O)N1C[C@H](Oc2ccccc2)CC1C(=O)N[C@@H](CC(=O)O)C(=O)c1ncc(-c2c(Cl)cccc2Cl)s1)C(C)C. The minimum absolute atomic E-state index is 0.0262. The number of aromatic hydroxyl groups is 1. The number of carboxylic acid groups (broad SMARTS) is 1. The van der Waals surface area contributed by atoms with Gasteiger partial charge in [-0.1, -0.05) is 73.4 Å². The van der Waals surface area contributed by atoms with Gasteiger partial charge in [-0.05, 0) is 47.9 Å². The highest BCUT2D eigenvalue weighted by Gasteiger charge is 2.45. The zero-order valence-electron chi connectivity index (χ0n) is 31.1. The van der Waals surface area contributed by atoms with E-state index in [1.807, 2.05) is 0 Å². The van der Waals surface area contributed by atoms with Crippen LogP contribution in [0.5, 0.6) is 11.5 Å². The Hall–Kier alpha value is -5.51. The quantitative estimate of drug-likeness (QED) is 0.0966. The predicted molar refractivity (Wildman–Crippen MR) is 213 cm³/mol. The number of aliphatic carboxylic acids is 1. The van der Waals surface area contributed by atoms with Crippen LogP contribution in [0.15, 0.2) is 79.0 Å². The average molecular weight is 839 g/mol. The largest absolute Gasteiger partial charge is 0.508 e. The Morgan fingerprint density at radius 1 is 0.912 bits per heavy atom. The summed E-state index contributed by atoms with van der Waals surface area (Å²) in [5.41, 5.74) is 1.08. The molecule has 0 aliphatic carbocycles. The summed E-state index contributed by atoms with van der Waals surface area (Å²) in [6.07, 6.45) is -0.0755. The first-order valence-corrected chi connectivity index (χ1v) is 19.5. The first-order valence-electron chi connectivity index (χ1n) is 17.9. The number of para-hydroxylation sites is 1. The van der Waals surface area contributed by atoms with E-state index in [4.69, 9.17) is 27.9 Å². The maximum Gasteiger partial charge on any atom is 0.305 e. The molecule has 57 heavy (non-hydrogen) atoms. The fourth-order valence-corrected chi connectivity index (χ4v) is 8.07. The Morgan fingerprint density at radius 2 is 1.58 bits per heavy atom. The molecular formula is C40H41Cl2N5O9S. The average Bonchev–Trinajstić information content (AvgIpc) is 3.81. The monoisotopic (exact) mass is 837 g/mol. The van der Waals surface area contributed by atoms with Crippen LogP contribution in [0.4, 0.5) is 0 Å². The number of Topliss-reactive ketones (excluding diaryl/α,β-unsaturated/α-hetero) is 1. The molecule has 5 rings (SSSR count). The predicted octanol–water partition coefficient (Wildman–Crippen LogP) is 4.90. The first kappa shape index (κ1) is 42.6. The molecule has 1 unspecified atom stereocenters. The third-order valence-corrected chi connectivity index (χ3v) is 10.8. The second kappa shape index (κ2) is 19.1. The van der Waals surface area contributed by atoms with Crippen molar-refractivity contribution < 1.29 is 43.7 Å². The van der Waals surface area contributed by atoms with Gasteiger partial charge in [0.05, 0.1) is 27.9 Å². The third-order valence-electron chi connectivity index (χ3n) is 9.13. The van der Waals surface area contributed by atoms with Crippen LogP contribution in [0, 0.1) is 5.92 Å². The summed E-state index contributed by atoms with van der Waals surface area (Å²) < 4.78 is 6.15. The van der Waals surface area contributed by atoms with Crippen molar-refractivity contribution >= 4 is 69.9 Å². The number of benzene rings is 3. The van der Waals surface area contributed by atoms with Crippen LogP contribution in [-0.2, 0) is 30.4 Å². The second-order valence-corrected chi connectivity index (χ2v) is 15.6. The Bertz CT molecular complexity index is 2100. The maximum absolute atomic E-state index is 14.5. The minimum Gasteiger partial charge on any atom is -0.508 e. The molecule has 300 valence electrons. The highest BCUT2D eigenvalue weighted by atomic mass is 35.5. The van der Waals surface area contributed by atoms with Crippen molar-refractivity contribution in [3.05, 3.63) is 99.6 Å². The smallest absolute Gasteiger partial charge is 0.305 e. The summed E-state index contributed by atoms with van der Waals surface area (Å²) in [7, 11) is 0. The molecule has 4 amide bonds. The van der Waals surface area contributed by atoms with Gasteiger partial charge in [0.25, 0.3) is 0 Å². The molecule has 2 heterocycles. The molecule has 0 spiro atoms. The van der Waals surface area contributed by atoms with Crippen LogP contribution in [0.2, 0.25) is 10.0 Å². The van der Waals surface area contributed by atoms with Gasteiger partial charge in [0, 0.05) is 31.5 Å². The number of carbonyl (C=O) groups excluding carboxylic acids is 5. The number of phenols is 1. The van der Waals surface area contributed by atoms with Gasteiger partial charge in [0.2, 0.25) is 29.4 Å². The van der Waals surface area contributed by atoms with Crippen LogP contribution >= 0.6 is 34.5 Å². The van der Waals surface area contributed by atoms with Gasteiger partial charge in [-0.2, -0.15) is 0 Å². The third kappa shape index (κ3) is 11.1. The number of aromatic nitrogens is 1. The topological polar surface area (TPSA) is 204 Å². The van der Waals surface area contributed by atoms with E-state index >= 15 is 0 Å². The summed E-state index contributed by atoms with van der Waals surface area (Å²) in [5.74, 6) is -4.72. The maximum atomic E-state index is 14.5. The Labute approximate surface area is 342 Å². The number of hydrogen-bond donors (Lipinski definition) is 5. The normalized spacial score (nSPS) is 16.6. The number of nitrogens with zero attached hydrogens (tertiary/aromatic N) is 2. The van der Waals surface area contributed by atoms with E-state index in [-0.39, 0.29) is 30.1 Å². The molecule has 17 heteroatoms. The van der Waals surface area contributed by atoms with E-state index in [1.54, 1.807) is 74.5 Å². The van der Waals surface area contributed by atoms with Crippen LogP contribution in [0.3, 0.4) is 0 Å². The van der Waals surface area contributed by atoms with Crippen molar-refractivity contribution in [3.8, 4) is 21.9 Å². The highest BCUT2D eigenvalue weighted by molar-refractivity contribution is 7.17. The molecule has 1 saturated heterocycles. The van der Waals surface area contributed by atoms with E-state index in [0.717, 1.165) is 11.3 Å². The van der Waals surface area contributed by atoms with E-state index in [2.05, 4.69) is 20.9 Å². The lowest BCUT2D eigenvalue weighted by molar-refractivity contribution is -0.143. The van der Waals surface area contributed by atoms with E-state index < -0.39 is 78.0 Å². The van der Waals surface area contributed by atoms with Crippen LogP contribution in [0.25, 0.3) is 10.4 Å². The number of thiazole rings is 1. The number of rotatable bonds is 16. The molecule has 4 aromatic rings. The zero-order chi connectivity index (χ0) is 41.4.